The van der Waals surface area contributed by atoms with Crippen LogP contribution in [0.5, 0.6) is 0 Å². The molecule has 5 nitrogen and oxygen atoms in total. The summed E-state index contributed by atoms with van der Waals surface area (Å²) in [7, 11) is 1.98. The summed E-state index contributed by atoms with van der Waals surface area (Å²) in [6, 6.07) is 14.3. The number of aliphatic imine (C=N–C) groups is 1. The number of fused-ring (bicyclic) bond motifs is 3. The van der Waals surface area contributed by atoms with Gasteiger partial charge in [0.1, 0.15) is 12.0 Å². The molecule has 1 atom stereocenters. The zero-order chi connectivity index (χ0) is 17.4. The highest BCUT2D eigenvalue weighted by Crippen LogP contribution is 2.36. The van der Waals surface area contributed by atoms with Gasteiger partial charge in [0.15, 0.2) is 0 Å². The van der Waals surface area contributed by atoms with Crippen molar-refractivity contribution in [1.82, 2.24) is 4.90 Å². The first kappa shape index (κ1) is 16.2. The number of rotatable bonds is 4. The molecule has 2 N–H and O–H groups in total. The van der Waals surface area contributed by atoms with Gasteiger partial charge in [-0.15, -0.1) is 0 Å². The van der Waals surface area contributed by atoms with Crippen LogP contribution in [0.1, 0.15) is 17.3 Å². The second-order valence-electron chi connectivity index (χ2n) is 6.37. The molecule has 2 aromatic carbocycles. The number of amidine groups is 1. The first-order valence-electron chi connectivity index (χ1n) is 8.47. The number of halogens is 1. The SMILES string of the molecule is CN(CCO)c1ccc([C@@H]2Nc3cc(Cl)ccc3C3=NCCN32)cc1. The first-order chi connectivity index (χ1) is 12.2. The molecule has 0 aromatic heterocycles. The third kappa shape index (κ3) is 2.94. The molecule has 0 bridgehead atoms. The van der Waals surface area contributed by atoms with Crippen molar-refractivity contribution in [1.29, 1.82) is 0 Å². The van der Waals surface area contributed by atoms with E-state index in [1.54, 1.807) is 0 Å². The number of nitrogens with zero attached hydrogens (tertiary/aromatic N) is 3. The minimum absolute atomic E-state index is 0.0458. The summed E-state index contributed by atoms with van der Waals surface area (Å²) in [5.74, 6) is 1.04. The topological polar surface area (TPSA) is 51.1 Å². The van der Waals surface area contributed by atoms with Crippen molar-refractivity contribution in [3.8, 4) is 0 Å². The molecule has 0 fully saturated rings. The van der Waals surface area contributed by atoms with Crippen LogP contribution in [-0.2, 0) is 0 Å². The van der Waals surface area contributed by atoms with E-state index in [0.717, 1.165) is 40.9 Å². The maximum atomic E-state index is 9.09. The van der Waals surface area contributed by atoms with Crippen LogP contribution < -0.4 is 10.2 Å². The Bertz CT molecular complexity index is 806. The van der Waals surface area contributed by atoms with Gasteiger partial charge in [0.2, 0.25) is 0 Å². The van der Waals surface area contributed by atoms with Crippen molar-refractivity contribution in [2.24, 2.45) is 4.99 Å². The number of benzene rings is 2. The molecule has 6 heteroatoms. The molecule has 2 aromatic rings. The maximum Gasteiger partial charge on any atom is 0.135 e. The second kappa shape index (κ2) is 6.58. The molecule has 0 saturated carbocycles. The third-order valence-corrected chi connectivity index (χ3v) is 5.02. The molecule has 25 heavy (non-hydrogen) atoms. The van der Waals surface area contributed by atoms with Crippen molar-refractivity contribution >= 4 is 28.8 Å². The Hall–Kier alpha value is -2.24. The quantitative estimate of drug-likeness (QED) is 0.884. The standard InChI is InChI=1S/C19H21ClN4O/c1-23(10-11-25)15-5-2-13(3-6-15)18-22-17-12-14(20)4-7-16(17)19-21-8-9-24(18)19/h2-7,12,18,22,25H,8-11H2,1H3/t18-/m1/s1. The van der Waals surface area contributed by atoms with E-state index in [-0.39, 0.29) is 12.8 Å². The molecule has 0 unspecified atom stereocenters. The van der Waals surface area contributed by atoms with E-state index in [4.69, 9.17) is 21.7 Å². The fourth-order valence-corrected chi connectivity index (χ4v) is 3.63. The van der Waals surface area contributed by atoms with Gasteiger partial charge in [0.05, 0.1) is 13.2 Å². The molecular weight excluding hydrogens is 336 g/mol. The van der Waals surface area contributed by atoms with Crippen LogP contribution in [-0.4, -0.2) is 49.1 Å². The lowest BCUT2D eigenvalue weighted by molar-refractivity contribution is 0.304. The fraction of sp³-hybridized carbons (Fsp3) is 0.316. The van der Waals surface area contributed by atoms with Crippen LogP contribution in [0, 0.1) is 0 Å². The summed E-state index contributed by atoms with van der Waals surface area (Å²) in [6.07, 6.45) is 0.0458. The number of nitrogens with one attached hydrogen (secondary N) is 1. The summed E-state index contributed by atoms with van der Waals surface area (Å²) in [5, 5.41) is 13.4. The number of hydrogen-bond acceptors (Lipinski definition) is 5. The lowest BCUT2D eigenvalue weighted by Gasteiger charge is -2.38. The van der Waals surface area contributed by atoms with E-state index in [1.807, 2.05) is 30.1 Å². The summed E-state index contributed by atoms with van der Waals surface area (Å²) >= 11 is 6.18. The molecule has 2 aliphatic heterocycles. The number of aliphatic hydroxyl groups is 1. The Balaban J connectivity index is 1.66. The minimum Gasteiger partial charge on any atom is -0.395 e. The Labute approximate surface area is 152 Å². The van der Waals surface area contributed by atoms with Crippen LogP contribution in [0.3, 0.4) is 0 Å². The molecule has 130 valence electrons. The smallest absolute Gasteiger partial charge is 0.135 e. The molecule has 0 radical (unpaired) electrons. The highest BCUT2D eigenvalue weighted by Gasteiger charge is 2.33. The predicted molar refractivity (Wildman–Crippen MR) is 103 cm³/mol. The van der Waals surface area contributed by atoms with Crippen molar-refractivity contribution in [2.45, 2.75) is 6.17 Å². The molecule has 0 amide bonds. The van der Waals surface area contributed by atoms with Gasteiger partial charge in [-0.25, -0.2) is 0 Å². The van der Waals surface area contributed by atoms with Gasteiger partial charge in [-0.3, -0.25) is 4.99 Å². The van der Waals surface area contributed by atoms with Crippen LogP contribution >= 0.6 is 11.6 Å². The van der Waals surface area contributed by atoms with E-state index in [9.17, 15) is 0 Å². The molecule has 4 rings (SSSR count). The number of likely N-dealkylation sites (N-methyl/N-ethyl adjacent to an activating group) is 1. The normalized spacial score (nSPS) is 18.3. The summed E-state index contributed by atoms with van der Waals surface area (Å²) in [6.45, 7) is 2.48. The molecular formula is C19H21ClN4O. The van der Waals surface area contributed by atoms with Gasteiger partial charge in [-0.2, -0.15) is 0 Å². The highest BCUT2D eigenvalue weighted by molar-refractivity contribution is 6.31. The summed E-state index contributed by atoms with van der Waals surface area (Å²) in [5.41, 5.74) is 4.40. The lowest BCUT2D eigenvalue weighted by atomic mass is 10.0. The molecule has 2 heterocycles. The fourth-order valence-electron chi connectivity index (χ4n) is 3.46. The average Bonchev–Trinajstić information content (AvgIpc) is 3.11. The Morgan fingerprint density at radius 3 is 2.84 bits per heavy atom. The zero-order valence-corrected chi connectivity index (χ0v) is 14.9. The van der Waals surface area contributed by atoms with Crippen molar-refractivity contribution in [2.75, 3.05) is 43.5 Å². The second-order valence-corrected chi connectivity index (χ2v) is 6.81. The number of aliphatic hydroxyl groups excluding tert-OH is 1. The molecule has 0 saturated heterocycles. The van der Waals surface area contributed by atoms with Crippen LogP contribution in [0.4, 0.5) is 11.4 Å². The van der Waals surface area contributed by atoms with Gasteiger partial charge in [0, 0.05) is 42.1 Å². The van der Waals surface area contributed by atoms with E-state index in [2.05, 4.69) is 34.5 Å². The summed E-state index contributed by atoms with van der Waals surface area (Å²) in [4.78, 5) is 9.04. The number of hydrogen-bond donors (Lipinski definition) is 2. The maximum absolute atomic E-state index is 9.09. The third-order valence-electron chi connectivity index (χ3n) is 4.79. The van der Waals surface area contributed by atoms with Crippen LogP contribution in [0.2, 0.25) is 5.02 Å². The van der Waals surface area contributed by atoms with E-state index in [1.165, 1.54) is 5.56 Å². The molecule has 0 aliphatic carbocycles. The van der Waals surface area contributed by atoms with Crippen molar-refractivity contribution in [3.05, 3.63) is 58.6 Å². The first-order valence-corrected chi connectivity index (χ1v) is 8.84. The Morgan fingerprint density at radius 1 is 1.28 bits per heavy atom. The van der Waals surface area contributed by atoms with Gasteiger partial charge in [-0.1, -0.05) is 23.7 Å². The Morgan fingerprint density at radius 2 is 2.08 bits per heavy atom. The largest absolute Gasteiger partial charge is 0.395 e. The van der Waals surface area contributed by atoms with Gasteiger partial charge in [-0.05, 0) is 35.9 Å². The van der Waals surface area contributed by atoms with Crippen LogP contribution in [0.15, 0.2) is 47.5 Å². The Kier molecular flexibility index (Phi) is 4.27. The molecule has 0 spiro atoms. The van der Waals surface area contributed by atoms with E-state index >= 15 is 0 Å². The summed E-state index contributed by atoms with van der Waals surface area (Å²) < 4.78 is 0. The minimum atomic E-state index is 0.0458. The zero-order valence-electron chi connectivity index (χ0n) is 14.1. The van der Waals surface area contributed by atoms with Crippen molar-refractivity contribution in [3.63, 3.8) is 0 Å². The van der Waals surface area contributed by atoms with Crippen LogP contribution in [0.25, 0.3) is 0 Å². The predicted octanol–water partition coefficient (Wildman–Crippen LogP) is 2.96. The van der Waals surface area contributed by atoms with Gasteiger partial charge in [0.25, 0.3) is 0 Å². The van der Waals surface area contributed by atoms with E-state index < -0.39 is 0 Å². The number of anilines is 2. The van der Waals surface area contributed by atoms with Gasteiger partial charge >= 0.3 is 0 Å². The van der Waals surface area contributed by atoms with E-state index in [0.29, 0.717) is 6.54 Å². The lowest BCUT2D eigenvalue weighted by Crippen LogP contribution is -2.41. The highest BCUT2D eigenvalue weighted by atomic mass is 35.5. The monoisotopic (exact) mass is 356 g/mol. The average molecular weight is 357 g/mol. The molecule has 2 aliphatic rings. The van der Waals surface area contributed by atoms with Gasteiger partial charge < -0.3 is 20.2 Å². The van der Waals surface area contributed by atoms with Crippen molar-refractivity contribution < 1.29 is 5.11 Å².